The lowest BCUT2D eigenvalue weighted by Crippen LogP contribution is -2.07. The summed E-state index contributed by atoms with van der Waals surface area (Å²) in [5.41, 5.74) is 16.3. The molecule has 0 radical (unpaired) electrons. The zero-order chi connectivity index (χ0) is 45.0. The molecule has 13 aromatic rings. The Hall–Kier alpha value is -9.19. The van der Waals surface area contributed by atoms with E-state index in [1.165, 1.54) is 16.5 Å². The number of para-hydroxylation sites is 2. The minimum absolute atomic E-state index is 0.540. The molecule has 10 aromatic carbocycles. The van der Waals surface area contributed by atoms with Crippen LogP contribution in [-0.2, 0) is 0 Å². The summed E-state index contributed by atoms with van der Waals surface area (Å²) in [6.07, 6.45) is 0. The van der Waals surface area contributed by atoms with E-state index in [1.54, 1.807) is 0 Å². The number of rotatable bonds is 8. The lowest BCUT2D eigenvalue weighted by molar-refractivity contribution is 0.953. The van der Waals surface area contributed by atoms with Crippen molar-refractivity contribution in [2.24, 2.45) is 0 Å². The molecule has 0 aliphatic carbocycles. The number of nitrogens with zero attached hydrogens (tertiary/aromatic N) is 5. The second-order valence-corrected chi connectivity index (χ2v) is 17.2. The maximum atomic E-state index is 5.48. The maximum absolute atomic E-state index is 5.48. The Labute approximate surface area is 393 Å². The third kappa shape index (κ3) is 6.68. The van der Waals surface area contributed by atoms with Crippen molar-refractivity contribution in [3.05, 3.63) is 249 Å². The molecule has 0 saturated heterocycles. The van der Waals surface area contributed by atoms with Crippen LogP contribution in [0.15, 0.2) is 249 Å². The van der Waals surface area contributed by atoms with Gasteiger partial charge in [0, 0.05) is 38.4 Å². The van der Waals surface area contributed by atoms with E-state index in [1.807, 2.05) is 12.1 Å². The summed E-state index contributed by atoms with van der Waals surface area (Å²) in [5, 5.41) is 4.56. The van der Waals surface area contributed by atoms with Crippen LogP contribution in [-0.4, -0.2) is 24.1 Å². The normalized spacial score (nSPS) is 11.5. The largest absolute Gasteiger partial charge is 0.307 e. The Morgan fingerprint density at radius 2 is 0.647 bits per heavy atom. The van der Waals surface area contributed by atoms with Gasteiger partial charge in [-0.15, -0.1) is 0 Å². The summed E-state index contributed by atoms with van der Waals surface area (Å²) in [7, 11) is 0. The molecule has 5 heteroatoms. The lowest BCUT2D eigenvalue weighted by Gasteiger charge is -2.15. The molecule has 3 heterocycles. The highest BCUT2D eigenvalue weighted by Crippen LogP contribution is 2.46. The first kappa shape index (κ1) is 39.2. The summed E-state index contributed by atoms with van der Waals surface area (Å²) in [4.78, 5) is 16.2. The highest BCUT2D eigenvalue weighted by molar-refractivity contribution is 6.28. The van der Waals surface area contributed by atoms with Gasteiger partial charge in [0.15, 0.2) is 11.6 Å². The number of benzene rings is 10. The van der Waals surface area contributed by atoms with Crippen LogP contribution in [0.3, 0.4) is 0 Å². The van der Waals surface area contributed by atoms with Crippen LogP contribution >= 0.6 is 0 Å². The van der Waals surface area contributed by atoms with E-state index in [0.717, 1.165) is 88.4 Å². The van der Waals surface area contributed by atoms with Crippen LogP contribution < -0.4 is 0 Å². The molecule has 318 valence electrons. The van der Waals surface area contributed by atoms with Gasteiger partial charge in [0.2, 0.25) is 5.95 Å². The predicted molar refractivity (Wildman–Crippen MR) is 281 cm³/mol. The fraction of sp³-hybridized carbons (Fsp3) is 0. The molecule has 0 aliphatic rings. The zero-order valence-electron chi connectivity index (χ0n) is 36.9. The van der Waals surface area contributed by atoms with Gasteiger partial charge in [-0.1, -0.05) is 218 Å². The van der Waals surface area contributed by atoms with E-state index in [-0.39, 0.29) is 0 Å². The Morgan fingerprint density at radius 1 is 0.265 bits per heavy atom. The molecule has 0 unspecified atom stereocenters. The summed E-state index contributed by atoms with van der Waals surface area (Å²) in [6.45, 7) is 0. The zero-order valence-corrected chi connectivity index (χ0v) is 36.9. The summed E-state index contributed by atoms with van der Waals surface area (Å²) >= 11 is 0. The Morgan fingerprint density at radius 3 is 1.15 bits per heavy atom. The number of hydrogen-bond acceptors (Lipinski definition) is 3. The standard InChI is InChI=1S/C63H41N5/c1-5-17-42(18-6-1)45-29-33-49(34-30-45)61-64-62(50-35-31-46(32-36-50)43-19-7-2-8-20-43)66-63(65-61)68-57-28-16-14-26-53(57)58-54(48-23-11-4-12-24-48)41-55-52-25-13-15-27-56(52)67(59(55)60(58)68)51-39-37-47(38-40-51)44-21-9-3-10-22-44/h1-41H. The van der Waals surface area contributed by atoms with Crippen LogP contribution in [0.5, 0.6) is 0 Å². The van der Waals surface area contributed by atoms with Gasteiger partial charge < -0.3 is 4.57 Å². The molecule has 0 fully saturated rings. The number of hydrogen-bond donors (Lipinski definition) is 0. The van der Waals surface area contributed by atoms with Gasteiger partial charge in [0.1, 0.15) is 0 Å². The molecule has 0 aliphatic heterocycles. The summed E-state index contributed by atoms with van der Waals surface area (Å²) < 4.78 is 4.72. The minimum atomic E-state index is 0.540. The first-order chi connectivity index (χ1) is 33.7. The maximum Gasteiger partial charge on any atom is 0.238 e. The monoisotopic (exact) mass is 867 g/mol. The van der Waals surface area contributed by atoms with Gasteiger partial charge in [0.25, 0.3) is 0 Å². The summed E-state index contributed by atoms with van der Waals surface area (Å²) in [6, 6.07) is 88.1. The Bertz CT molecular complexity index is 3850. The van der Waals surface area contributed by atoms with Crippen LogP contribution in [0.2, 0.25) is 0 Å². The lowest BCUT2D eigenvalue weighted by atomic mass is 9.96. The predicted octanol–water partition coefficient (Wildman–Crippen LogP) is 16.1. The van der Waals surface area contributed by atoms with Crippen molar-refractivity contribution in [1.82, 2.24) is 24.1 Å². The molecule has 0 atom stereocenters. The van der Waals surface area contributed by atoms with Gasteiger partial charge >= 0.3 is 0 Å². The first-order valence-electron chi connectivity index (χ1n) is 23.0. The van der Waals surface area contributed by atoms with Crippen LogP contribution in [0.1, 0.15) is 0 Å². The fourth-order valence-electron chi connectivity index (χ4n) is 9.96. The highest BCUT2D eigenvalue weighted by atomic mass is 15.2. The van der Waals surface area contributed by atoms with Crippen molar-refractivity contribution >= 4 is 43.6 Å². The molecule has 0 saturated carbocycles. The molecular formula is C63H41N5. The molecular weight excluding hydrogens is 827 g/mol. The second-order valence-electron chi connectivity index (χ2n) is 17.2. The third-order valence-electron chi connectivity index (χ3n) is 13.2. The Kier molecular flexibility index (Phi) is 9.43. The molecule has 0 spiro atoms. The molecule has 13 rings (SSSR count). The van der Waals surface area contributed by atoms with Crippen molar-refractivity contribution in [2.45, 2.75) is 0 Å². The summed E-state index contributed by atoms with van der Waals surface area (Å²) in [5.74, 6) is 1.73. The van der Waals surface area contributed by atoms with Crippen LogP contribution in [0, 0.1) is 0 Å². The number of aromatic nitrogens is 5. The fourth-order valence-corrected chi connectivity index (χ4v) is 9.96. The SMILES string of the molecule is c1ccc(-c2ccc(-c3nc(-c4ccc(-c5ccccc5)cc4)nc(-n4c5ccccc5c5c(-c6ccccc6)cc6c7ccccc7n(-c7ccc(-c8ccccc8)cc7)c6c54)n3)cc2)cc1. The van der Waals surface area contributed by atoms with Crippen LogP contribution in [0.25, 0.3) is 123 Å². The van der Waals surface area contributed by atoms with Crippen molar-refractivity contribution in [3.63, 3.8) is 0 Å². The van der Waals surface area contributed by atoms with Gasteiger partial charge in [-0.05, 0) is 74.8 Å². The van der Waals surface area contributed by atoms with Gasteiger partial charge in [-0.2, -0.15) is 9.97 Å². The smallest absolute Gasteiger partial charge is 0.238 e. The van der Waals surface area contributed by atoms with E-state index >= 15 is 0 Å². The Balaban J connectivity index is 1.12. The van der Waals surface area contributed by atoms with Crippen molar-refractivity contribution in [3.8, 4) is 78.9 Å². The van der Waals surface area contributed by atoms with Gasteiger partial charge in [-0.3, -0.25) is 4.57 Å². The number of fused-ring (bicyclic) bond motifs is 7. The van der Waals surface area contributed by atoms with E-state index in [9.17, 15) is 0 Å². The first-order valence-corrected chi connectivity index (χ1v) is 23.0. The minimum Gasteiger partial charge on any atom is -0.307 e. The van der Waals surface area contributed by atoms with Crippen molar-refractivity contribution in [2.75, 3.05) is 0 Å². The van der Waals surface area contributed by atoms with Crippen molar-refractivity contribution in [1.29, 1.82) is 0 Å². The quantitative estimate of drug-likeness (QED) is 0.153. The third-order valence-corrected chi connectivity index (χ3v) is 13.2. The average Bonchev–Trinajstić information content (AvgIpc) is 3.95. The highest BCUT2D eigenvalue weighted by Gasteiger charge is 2.26. The van der Waals surface area contributed by atoms with Gasteiger partial charge in [0.05, 0.1) is 22.1 Å². The topological polar surface area (TPSA) is 48.5 Å². The molecule has 0 amide bonds. The van der Waals surface area contributed by atoms with E-state index in [2.05, 4.69) is 246 Å². The van der Waals surface area contributed by atoms with Crippen molar-refractivity contribution < 1.29 is 0 Å². The molecule has 0 N–H and O–H groups in total. The average molecular weight is 868 g/mol. The molecule has 68 heavy (non-hydrogen) atoms. The van der Waals surface area contributed by atoms with E-state index in [4.69, 9.17) is 15.0 Å². The molecule has 5 nitrogen and oxygen atoms in total. The van der Waals surface area contributed by atoms with E-state index in [0.29, 0.717) is 17.6 Å². The van der Waals surface area contributed by atoms with Gasteiger partial charge in [-0.25, -0.2) is 4.98 Å². The van der Waals surface area contributed by atoms with Crippen LogP contribution in [0.4, 0.5) is 0 Å². The van der Waals surface area contributed by atoms with E-state index < -0.39 is 0 Å². The molecule has 0 bridgehead atoms. The molecule has 3 aromatic heterocycles. The second kappa shape index (κ2) is 16.4.